The quantitative estimate of drug-likeness (QED) is 0.574. The molecule has 5 nitrogen and oxygen atoms in total. The standard InChI is InChI=1S/C28H36N4O/c1-4-14-31-17-22(28(33)30-13-10-20-8-11-29-12-9-20)15-24-23-6-5-7-25-27(23)21(16-26(24)31)18-32(25)19(2)3/h5-9,11-12,18-19,22,24,26H,4,10,13-17H2,1-3H3,(H,30,33)/t22?,24-,26-/m1/s1. The number of benzene rings is 1. The van der Waals surface area contributed by atoms with Gasteiger partial charge in [0.05, 0.1) is 5.92 Å². The van der Waals surface area contributed by atoms with Crippen LogP contribution in [0.15, 0.2) is 48.9 Å². The maximum absolute atomic E-state index is 13.2. The number of aromatic nitrogens is 2. The molecule has 3 atom stereocenters. The fourth-order valence-corrected chi connectivity index (χ4v) is 6.12. The highest BCUT2D eigenvalue weighted by atomic mass is 16.1. The molecule has 0 bridgehead atoms. The zero-order chi connectivity index (χ0) is 22.9. The van der Waals surface area contributed by atoms with Crippen LogP contribution in [0.2, 0.25) is 0 Å². The van der Waals surface area contributed by atoms with Crippen molar-refractivity contribution < 1.29 is 4.79 Å². The van der Waals surface area contributed by atoms with Crippen LogP contribution in [-0.4, -0.2) is 46.0 Å². The second-order valence-corrected chi connectivity index (χ2v) is 10.1. The van der Waals surface area contributed by atoms with Gasteiger partial charge >= 0.3 is 0 Å². The molecule has 3 heterocycles. The van der Waals surface area contributed by atoms with Gasteiger partial charge in [0.15, 0.2) is 0 Å². The minimum atomic E-state index is 0.0410. The Balaban J connectivity index is 1.38. The van der Waals surface area contributed by atoms with Gasteiger partial charge in [-0.3, -0.25) is 14.7 Å². The molecule has 0 radical (unpaired) electrons. The molecule has 2 aromatic heterocycles. The van der Waals surface area contributed by atoms with Gasteiger partial charge in [0, 0.05) is 60.6 Å². The van der Waals surface area contributed by atoms with Crippen LogP contribution in [0, 0.1) is 5.92 Å². The van der Waals surface area contributed by atoms with Crippen molar-refractivity contribution in [2.75, 3.05) is 19.6 Å². The van der Waals surface area contributed by atoms with Crippen molar-refractivity contribution >= 4 is 16.8 Å². The first kappa shape index (κ1) is 22.1. The molecule has 1 fully saturated rings. The number of nitrogens with zero attached hydrogens (tertiary/aromatic N) is 3. The first-order chi connectivity index (χ1) is 16.1. The van der Waals surface area contributed by atoms with E-state index < -0.39 is 0 Å². The molecule has 0 saturated carbocycles. The number of rotatable bonds is 7. The molecule has 174 valence electrons. The summed E-state index contributed by atoms with van der Waals surface area (Å²) in [6.45, 7) is 9.37. The minimum absolute atomic E-state index is 0.0410. The summed E-state index contributed by atoms with van der Waals surface area (Å²) in [5.41, 5.74) is 5.50. The molecule has 1 amide bonds. The van der Waals surface area contributed by atoms with E-state index in [-0.39, 0.29) is 11.8 Å². The Bertz CT molecular complexity index is 1120. The van der Waals surface area contributed by atoms with Crippen LogP contribution in [0.25, 0.3) is 10.9 Å². The molecule has 5 rings (SSSR count). The molecule has 33 heavy (non-hydrogen) atoms. The Kier molecular flexibility index (Phi) is 6.24. The highest BCUT2D eigenvalue weighted by molar-refractivity contribution is 5.89. The number of likely N-dealkylation sites (tertiary alicyclic amines) is 1. The highest BCUT2D eigenvalue weighted by Gasteiger charge is 2.42. The number of pyridine rings is 1. The third-order valence-corrected chi connectivity index (χ3v) is 7.62. The topological polar surface area (TPSA) is 50.2 Å². The lowest BCUT2D eigenvalue weighted by Crippen LogP contribution is -2.53. The average Bonchev–Trinajstić information content (AvgIpc) is 3.20. The molecular weight excluding hydrogens is 408 g/mol. The van der Waals surface area contributed by atoms with Crippen molar-refractivity contribution in [3.05, 3.63) is 65.6 Å². The fourth-order valence-electron chi connectivity index (χ4n) is 6.12. The molecule has 5 heteroatoms. The summed E-state index contributed by atoms with van der Waals surface area (Å²) in [5, 5.41) is 4.68. The molecule has 1 saturated heterocycles. The largest absolute Gasteiger partial charge is 0.355 e. The summed E-state index contributed by atoms with van der Waals surface area (Å²) in [6.07, 6.45) is 10.0. The van der Waals surface area contributed by atoms with Crippen molar-refractivity contribution in [3.8, 4) is 0 Å². The predicted molar refractivity (Wildman–Crippen MR) is 133 cm³/mol. The van der Waals surface area contributed by atoms with Gasteiger partial charge in [0.1, 0.15) is 0 Å². The van der Waals surface area contributed by atoms with Gasteiger partial charge in [-0.2, -0.15) is 0 Å². The summed E-state index contributed by atoms with van der Waals surface area (Å²) in [7, 11) is 0. The number of carbonyl (C=O) groups is 1. The van der Waals surface area contributed by atoms with Gasteiger partial charge in [0.2, 0.25) is 5.91 Å². The lowest BCUT2D eigenvalue weighted by molar-refractivity contribution is -0.127. The second-order valence-electron chi connectivity index (χ2n) is 10.1. The molecular formula is C28H36N4O. The lowest BCUT2D eigenvalue weighted by atomic mass is 9.72. The maximum Gasteiger partial charge on any atom is 0.224 e. The number of hydrogen-bond donors (Lipinski definition) is 1. The van der Waals surface area contributed by atoms with Crippen molar-refractivity contribution in [2.24, 2.45) is 5.92 Å². The molecule has 1 aliphatic carbocycles. The molecule has 1 aromatic carbocycles. The third-order valence-electron chi connectivity index (χ3n) is 7.62. The van der Waals surface area contributed by atoms with Crippen LogP contribution in [0.1, 0.15) is 62.3 Å². The van der Waals surface area contributed by atoms with Crippen molar-refractivity contribution in [3.63, 3.8) is 0 Å². The van der Waals surface area contributed by atoms with E-state index in [1.807, 2.05) is 24.5 Å². The third kappa shape index (κ3) is 4.19. The van der Waals surface area contributed by atoms with Crippen LogP contribution >= 0.6 is 0 Å². The zero-order valence-electron chi connectivity index (χ0n) is 20.1. The smallest absolute Gasteiger partial charge is 0.224 e. The van der Waals surface area contributed by atoms with E-state index in [1.54, 1.807) is 0 Å². The Morgan fingerprint density at radius 2 is 2.03 bits per heavy atom. The number of amides is 1. The molecule has 1 N–H and O–H groups in total. The van der Waals surface area contributed by atoms with Crippen LogP contribution in [0.4, 0.5) is 0 Å². The summed E-state index contributed by atoms with van der Waals surface area (Å²) in [6, 6.07) is 11.8. The Morgan fingerprint density at radius 3 is 2.79 bits per heavy atom. The van der Waals surface area contributed by atoms with Crippen LogP contribution in [0.5, 0.6) is 0 Å². The number of nitrogens with one attached hydrogen (secondary N) is 1. The molecule has 1 aliphatic heterocycles. The Morgan fingerprint density at radius 1 is 1.21 bits per heavy atom. The van der Waals surface area contributed by atoms with Crippen molar-refractivity contribution in [1.29, 1.82) is 0 Å². The number of piperidine rings is 1. The summed E-state index contributed by atoms with van der Waals surface area (Å²) < 4.78 is 2.43. The number of hydrogen-bond acceptors (Lipinski definition) is 3. The van der Waals surface area contributed by atoms with Crippen molar-refractivity contribution in [1.82, 2.24) is 19.8 Å². The van der Waals surface area contributed by atoms with Crippen LogP contribution in [-0.2, 0) is 17.6 Å². The summed E-state index contributed by atoms with van der Waals surface area (Å²) >= 11 is 0. The average molecular weight is 445 g/mol. The van der Waals surface area contributed by atoms with E-state index in [9.17, 15) is 4.79 Å². The van der Waals surface area contributed by atoms with Crippen LogP contribution in [0.3, 0.4) is 0 Å². The van der Waals surface area contributed by atoms with E-state index in [1.165, 1.54) is 27.6 Å². The van der Waals surface area contributed by atoms with E-state index in [4.69, 9.17) is 0 Å². The molecule has 1 unspecified atom stereocenters. The normalized spacial score (nSPS) is 22.5. The molecule has 3 aromatic rings. The minimum Gasteiger partial charge on any atom is -0.355 e. The second kappa shape index (κ2) is 9.30. The van der Waals surface area contributed by atoms with E-state index in [0.29, 0.717) is 24.5 Å². The van der Waals surface area contributed by atoms with Gasteiger partial charge in [-0.15, -0.1) is 0 Å². The first-order valence-electron chi connectivity index (χ1n) is 12.6. The first-order valence-corrected chi connectivity index (χ1v) is 12.6. The van der Waals surface area contributed by atoms with Gasteiger partial charge in [-0.05, 0) is 81.0 Å². The van der Waals surface area contributed by atoms with Gasteiger partial charge < -0.3 is 9.88 Å². The van der Waals surface area contributed by atoms with E-state index >= 15 is 0 Å². The zero-order valence-corrected chi connectivity index (χ0v) is 20.1. The van der Waals surface area contributed by atoms with Gasteiger partial charge in [-0.1, -0.05) is 19.1 Å². The maximum atomic E-state index is 13.2. The monoisotopic (exact) mass is 444 g/mol. The highest BCUT2D eigenvalue weighted by Crippen LogP contribution is 2.45. The van der Waals surface area contributed by atoms with Gasteiger partial charge in [-0.25, -0.2) is 0 Å². The van der Waals surface area contributed by atoms with E-state index in [0.717, 1.165) is 38.8 Å². The van der Waals surface area contributed by atoms with E-state index in [2.05, 4.69) is 64.9 Å². The predicted octanol–water partition coefficient (Wildman–Crippen LogP) is 4.72. The Labute approximate surface area is 197 Å². The number of carbonyl (C=O) groups excluding carboxylic acids is 1. The summed E-state index contributed by atoms with van der Waals surface area (Å²) in [5.74, 6) is 0.668. The van der Waals surface area contributed by atoms with Gasteiger partial charge in [0.25, 0.3) is 0 Å². The SMILES string of the molecule is CCCN1CC(C(=O)NCCc2ccncc2)C[C@@H]2c3cccc4c3c(cn4C(C)C)C[C@H]21. The lowest BCUT2D eigenvalue weighted by Gasteiger charge is -2.46. The van der Waals surface area contributed by atoms with Crippen LogP contribution < -0.4 is 5.32 Å². The number of fused-ring (bicyclic) bond motifs is 2. The summed E-state index contributed by atoms with van der Waals surface area (Å²) in [4.78, 5) is 19.9. The Hall–Kier alpha value is -2.66. The molecule has 0 spiro atoms. The van der Waals surface area contributed by atoms with Crippen molar-refractivity contribution in [2.45, 2.75) is 64.5 Å². The molecule has 2 aliphatic rings. The fraction of sp³-hybridized carbons (Fsp3) is 0.500.